The number of aliphatic hydroxyl groups is 6. The van der Waals surface area contributed by atoms with Gasteiger partial charge in [0.15, 0.2) is 6.29 Å². The quantitative estimate of drug-likeness (QED) is 0.272. The predicted octanol–water partition coefficient (Wildman–Crippen LogP) is -4.75. The normalized spacial score (nSPS) is 50.0. The molecule has 2 aliphatic rings. The van der Waals surface area contributed by atoms with E-state index in [0.29, 0.717) is 12.8 Å². The van der Waals surface area contributed by atoms with Crippen LogP contribution in [0.15, 0.2) is 0 Å². The fourth-order valence-electron chi connectivity index (χ4n) is 3.07. The second kappa shape index (κ2) is 7.47. The van der Waals surface area contributed by atoms with Crippen LogP contribution in [0.3, 0.4) is 0 Å². The van der Waals surface area contributed by atoms with Gasteiger partial charge in [-0.25, -0.2) is 0 Å². The Kier molecular flexibility index (Phi) is 6.11. The second-order valence-electron chi connectivity index (χ2n) is 6.01. The van der Waals surface area contributed by atoms with Gasteiger partial charge in [-0.1, -0.05) is 0 Å². The van der Waals surface area contributed by atoms with E-state index in [1.54, 1.807) is 5.32 Å². The molecule has 22 heavy (non-hydrogen) atoms. The van der Waals surface area contributed by atoms with Crippen LogP contribution in [0.1, 0.15) is 12.8 Å². The van der Waals surface area contributed by atoms with Crippen LogP contribution in [0.4, 0.5) is 0 Å². The average molecular weight is 324 g/mol. The molecule has 0 bridgehead atoms. The van der Waals surface area contributed by atoms with Gasteiger partial charge in [0.25, 0.3) is 0 Å². The SMILES string of the molecule is COC1O[C@H](CC[C@H]2[NH2+]C[C@@H](O)[C@H](O)[C@@H]2O)[C@H](O)[C@H](O)[C@H]1O. The Hall–Kier alpha value is -0.360. The fourth-order valence-corrected chi connectivity index (χ4v) is 3.07. The molecule has 0 aromatic rings. The van der Waals surface area contributed by atoms with Gasteiger partial charge in [-0.05, 0) is 6.42 Å². The van der Waals surface area contributed by atoms with Gasteiger partial charge < -0.3 is 45.4 Å². The first-order valence-electron chi connectivity index (χ1n) is 7.46. The molecule has 9 heteroatoms. The number of methoxy groups -OCH3 is 1. The Balaban J connectivity index is 1.90. The number of hydrogen-bond donors (Lipinski definition) is 7. The molecular formula is C13H26NO8+. The highest BCUT2D eigenvalue weighted by atomic mass is 16.7. The molecule has 2 saturated heterocycles. The number of hydrogen-bond acceptors (Lipinski definition) is 8. The van der Waals surface area contributed by atoms with Crippen molar-refractivity contribution in [1.82, 2.24) is 0 Å². The zero-order chi connectivity index (χ0) is 16.4. The van der Waals surface area contributed by atoms with Crippen LogP contribution < -0.4 is 5.32 Å². The van der Waals surface area contributed by atoms with Crippen molar-refractivity contribution >= 4 is 0 Å². The van der Waals surface area contributed by atoms with Crippen molar-refractivity contribution in [2.75, 3.05) is 13.7 Å². The number of ether oxygens (including phenoxy) is 2. The first-order valence-corrected chi connectivity index (χ1v) is 7.46. The molecule has 0 amide bonds. The van der Waals surface area contributed by atoms with Crippen LogP contribution >= 0.6 is 0 Å². The number of piperidine rings is 1. The minimum Gasteiger partial charge on any atom is -0.388 e. The molecule has 8 N–H and O–H groups in total. The molecule has 2 rings (SSSR count). The van der Waals surface area contributed by atoms with E-state index in [4.69, 9.17) is 9.47 Å². The molecule has 0 radical (unpaired) electrons. The number of aliphatic hydroxyl groups excluding tert-OH is 6. The summed E-state index contributed by atoms with van der Waals surface area (Å²) in [6.45, 7) is 0.277. The third-order valence-electron chi connectivity index (χ3n) is 4.55. The Bertz CT molecular complexity index is 357. The molecule has 130 valence electrons. The molecule has 0 aromatic heterocycles. The lowest BCUT2D eigenvalue weighted by Gasteiger charge is -2.40. The van der Waals surface area contributed by atoms with E-state index < -0.39 is 49.0 Å². The lowest BCUT2D eigenvalue weighted by Crippen LogP contribution is -2.98. The highest BCUT2D eigenvalue weighted by molar-refractivity contribution is 4.90. The van der Waals surface area contributed by atoms with Crippen molar-refractivity contribution < 1.29 is 45.4 Å². The first-order chi connectivity index (χ1) is 10.4. The largest absolute Gasteiger partial charge is 0.388 e. The maximum atomic E-state index is 9.96. The Morgan fingerprint density at radius 3 is 2.23 bits per heavy atom. The van der Waals surface area contributed by atoms with Crippen molar-refractivity contribution in [2.45, 2.75) is 67.9 Å². The van der Waals surface area contributed by atoms with Gasteiger partial charge in [-0.2, -0.15) is 0 Å². The summed E-state index contributed by atoms with van der Waals surface area (Å²) in [5, 5.41) is 60.2. The molecule has 0 spiro atoms. The van der Waals surface area contributed by atoms with Crippen molar-refractivity contribution in [1.29, 1.82) is 0 Å². The van der Waals surface area contributed by atoms with Gasteiger partial charge >= 0.3 is 0 Å². The third kappa shape index (κ3) is 3.58. The maximum Gasteiger partial charge on any atom is 0.186 e. The van der Waals surface area contributed by atoms with Gasteiger partial charge in [0.05, 0.1) is 6.10 Å². The smallest absolute Gasteiger partial charge is 0.186 e. The molecule has 0 aromatic carbocycles. The minimum atomic E-state index is -1.38. The maximum absolute atomic E-state index is 9.96. The van der Waals surface area contributed by atoms with E-state index in [9.17, 15) is 30.6 Å². The fraction of sp³-hybridized carbons (Fsp3) is 1.00. The first kappa shape index (κ1) is 18.0. The van der Waals surface area contributed by atoms with Crippen molar-refractivity contribution in [3.8, 4) is 0 Å². The highest BCUT2D eigenvalue weighted by Gasteiger charge is 2.45. The Labute approximate surface area is 128 Å². The third-order valence-corrected chi connectivity index (χ3v) is 4.55. The number of quaternary nitrogens is 1. The summed E-state index contributed by atoms with van der Waals surface area (Å²) in [5.41, 5.74) is 0. The zero-order valence-corrected chi connectivity index (χ0v) is 12.4. The summed E-state index contributed by atoms with van der Waals surface area (Å²) in [4.78, 5) is 0. The summed E-state index contributed by atoms with van der Waals surface area (Å²) in [6.07, 6.45) is -8.34. The average Bonchev–Trinajstić information content (AvgIpc) is 2.51. The zero-order valence-electron chi connectivity index (χ0n) is 12.4. The Morgan fingerprint density at radius 2 is 1.59 bits per heavy atom. The summed E-state index contributed by atoms with van der Waals surface area (Å²) >= 11 is 0. The topological polar surface area (TPSA) is 156 Å². The van der Waals surface area contributed by atoms with Gasteiger partial charge in [0.1, 0.15) is 49.2 Å². The van der Waals surface area contributed by atoms with Crippen molar-refractivity contribution in [3.63, 3.8) is 0 Å². The van der Waals surface area contributed by atoms with Gasteiger partial charge in [-0.3, -0.25) is 0 Å². The standard InChI is InChI=1S/C13H25NO8/c1-21-13-12(20)11(19)10(18)7(22-13)3-2-5-8(16)9(17)6(15)4-14-5/h5-20H,2-4H2,1H3/p+1/t5-,6-,7-,8-,9+,10+,11+,12-,13?/m1/s1. The Morgan fingerprint density at radius 1 is 0.909 bits per heavy atom. The van der Waals surface area contributed by atoms with Crippen LogP contribution in [-0.2, 0) is 9.47 Å². The monoisotopic (exact) mass is 324 g/mol. The molecule has 9 atom stereocenters. The molecule has 2 fully saturated rings. The van der Waals surface area contributed by atoms with Crippen LogP contribution in [0.5, 0.6) is 0 Å². The van der Waals surface area contributed by atoms with Gasteiger partial charge in [-0.15, -0.1) is 0 Å². The van der Waals surface area contributed by atoms with E-state index in [2.05, 4.69) is 0 Å². The summed E-state index contributed by atoms with van der Waals surface area (Å²) in [7, 11) is 1.33. The van der Waals surface area contributed by atoms with E-state index >= 15 is 0 Å². The molecule has 9 nitrogen and oxygen atoms in total. The van der Waals surface area contributed by atoms with Crippen LogP contribution in [0.25, 0.3) is 0 Å². The van der Waals surface area contributed by atoms with E-state index in [1.807, 2.05) is 0 Å². The number of nitrogens with two attached hydrogens (primary N) is 1. The van der Waals surface area contributed by atoms with Crippen molar-refractivity contribution in [2.24, 2.45) is 0 Å². The molecule has 0 aliphatic carbocycles. The lowest BCUT2D eigenvalue weighted by molar-refractivity contribution is -0.716. The molecule has 2 heterocycles. The molecule has 2 aliphatic heterocycles. The van der Waals surface area contributed by atoms with E-state index in [0.717, 1.165) is 0 Å². The molecule has 0 saturated carbocycles. The summed E-state index contributed by atoms with van der Waals surface area (Å²) < 4.78 is 10.3. The van der Waals surface area contributed by atoms with Gasteiger partial charge in [0, 0.05) is 13.5 Å². The van der Waals surface area contributed by atoms with Crippen molar-refractivity contribution in [3.05, 3.63) is 0 Å². The van der Waals surface area contributed by atoms with Crippen LogP contribution in [0, 0.1) is 0 Å². The van der Waals surface area contributed by atoms with Crippen LogP contribution in [0.2, 0.25) is 0 Å². The summed E-state index contributed by atoms with van der Waals surface area (Å²) in [5.74, 6) is 0. The minimum absolute atomic E-state index is 0.277. The summed E-state index contributed by atoms with van der Waals surface area (Å²) in [6, 6.07) is -0.348. The number of rotatable bonds is 4. The second-order valence-corrected chi connectivity index (χ2v) is 6.01. The van der Waals surface area contributed by atoms with E-state index in [-0.39, 0.29) is 12.6 Å². The predicted molar refractivity (Wildman–Crippen MR) is 71.5 cm³/mol. The molecular weight excluding hydrogens is 298 g/mol. The van der Waals surface area contributed by atoms with Gasteiger partial charge in [0.2, 0.25) is 0 Å². The highest BCUT2D eigenvalue weighted by Crippen LogP contribution is 2.25. The van der Waals surface area contributed by atoms with E-state index in [1.165, 1.54) is 7.11 Å². The van der Waals surface area contributed by atoms with Crippen LogP contribution in [-0.4, -0.2) is 99.4 Å². The lowest BCUT2D eigenvalue weighted by atomic mass is 9.89. The molecule has 1 unspecified atom stereocenters.